The van der Waals surface area contributed by atoms with Crippen molar-refractivity contribution in [1.29, 1.82) is 0 Å². The average Bonchev–Trinajstić information content (AvgIpc) is 2.77. The Morgan fingerprint density at radius 1 is 1.07 bits per heavy atom. The molecule has 2 amide bonds. The van der Waals surface area contributed by atoms with Gasteiger partial charge in [-0.2, -0.15) is 0 Å². The molecule has 0 aliphatic rings. The Morgan fingerprint density at radius 3 is 2.40 bits per heavy atom. The van der Waals surface area contributed by atoms with E-state index in [1.165, 1.54) is 11.6 Å². The number of benzene rings is 2. The minimum Gasteiger partial charge on any atom is -0.497 e. The zero-order chi connectivity index (χ0) is 21.8. The smallest absolute Gasteiger partial charge is 0.248 e. The lowest BCUT2D eigenvalue weighted by atomic mass is 10.0. The highest BCUT2D eigenvalue weighted by Gasteiger charge is 2.16. The third-order valence-corrected chi connectivity index (χ3v) is 4.69. The Bertz CT molecular complexity index is 819. The average molecular weight is 410 g/mol. The maximum atomic E-state index is 12.4. The number of carbonyl (C=O) groups excluding carboxylic acids is 2. The van der Waals surface area contributed by atoms with Crippen molar-refractivity contribution in [3.05, 3.63) is 72.3 Å². The standard InChI is InChI=1S/C24H31N3O3/c1-3-7-22(25)24(29)27-20(11-10-18-8-5-4-6-9-18)14-17-23(28)26-19-12-15-21(30-2)16-13-19/h4-6,8-9,12-17,20,22H,3,7,10-11,25H2,1-2H3,(H,26,28)(H,27,29)/b17-14+/t20-,22-/m0/s1. The molecule has 0 unspecified atom stereocenters. The number of nitrogens with two attached hydrogens (primary N) is 1. The molecular weight excluding hydrogens is 378 g/mol. The van der Waals surface area contributed by atoms with Gasteiger partial charge in [0.25, 0.3) is 0 Å². The highest BCUT2D eigenvalue weighted by Crippen LogP contribution is 2.15. The molecule has 2 rings (SSSR count). The Labute approximate surface area is 178 Å². The lowest BCUT2D eigenvalue weighted by molar-refractivity contribution is -0.123. The molecule has 4 N–H and O–H groups in total. The van der Waals surface area contributed by atoms with Crippen LogP contribution in [0.15, 0.2) is 66.7 Å². The van der Waals surface area contributed by atoms with E-state index in [1.807, 2.05) is 37.3 Å². The Balaban J connectivity index is 1.99. The zero-order valence-electron chi connectivity index (χ0n) is 17.6. The summed E-state index contributed by atoms with van der Waals surface area (Å²) in [6, 6.07) is 16.3. The SMILES string of the molecule is CCC[C@H](N)C(=O)N[C@H](/C=C/C(=O)Nc1ccc(OC)cc1)CCc1ccccc1. The number of hydrogen-bond acceptors (Lipinski definition) is 4. The van der Waals surface area contributed by atoms with Crippen LogP contribution in [0.1, 0.15) is 31.7 Å². The predicted octanol–water partition coefficient (Wildman–Crippen LogP) is 3.43. The highest BCUT2D eigenvalue weighted by atomic mass is 16.5. The van der Waals surface area contributed by atoms with Crippen LogP contribution in [0.3, 0.4) is 0 Å². The summed E-state index contributed by atoms with van der Waals surface area (Å²) in [6.07, 6.45) is 6.08. The van der Waals surface area contributed by atoms with Crippen LogP contribution in [-0.4, -0.2) is 31.0 Å². The number of anilines is 1. The molecule has 0 saturated carbocycles. The quantitative estimate of drug-likeness (QED) is 0.496. The van der Waals surface area contributed by atoms with Crippen molar-refractivity contribution in [2.45, 2.75) is 44.7 Å². The molecule has 0 saturated heterocycles. The molecule has 0 aromatic heterocycles. The molecule has 2 aromatic rings. The van der Waals surface area contributed by atoms with E-state index in [4.69, 9.17) is 10.5 Å². The summed E-state index contributed by atoms with van der Waals surface area (Å²) < 4.78 is 5.11. The van der Waals surface area contributed by atoms with Gasteiger partial charge in [-0.3, -0.25) is 9.59 Å². The maximum absolute atomic E-state index is 12.4. The van der Waals surface area contributed by atoms with Crippen molar-refractivity contribution in [1.82, 2.24) is 5.32 Å². The molecule has 2 atom stereocenters. The minimum absolute atomic E-state index is 0.199. The van der Waals surface area contributed by atoms with Crippen LogP contribution in [0.2, 0.25) is 0 Å². The molecule has 30 heavy (non-hydrogen) atoms. The van der Waals surface area contributed by atoms with Gasteiger partial charge in [-0.25, -0.2) is 0 Å². The van der Waals surface area contributed by atoms with Gasteiger partial charge in [0.05, 0.1) is 13.2 Å². The number of amides is 2. The summed E-state index contributed by atoms with van der Waals surface area (Å²) >= 11 is 0. The second-order valence-electron chi connectivity index (χ2n) is 7.11. The van der Waals surface area contributed by atoms with Gasteiger partial charge in [0, 0.05) is 17.8 Å². The molecule has 0 aliphatic heterocycles. The summed E-state index contributed by atoms with van der Waals surface area (Å²) in [5, 5.41) is 5.76. The van der Waals surface area contributed by atoms with Crippen molar-refractivity contribution in [2.75, 3.05) is 12.4 Å². The number of hydrogen-bond donors (Lipinski definition) is 3. The second-order valence-corrected chi connectivity index (χ2v) is 7.11. The van der Waals surface area contributed by atoms with E-state index in [2.05, 4.69) is 10.6 Å². The van der Waals surface area contributed by atoms with Crippen molar-refractivity contribution in [2.24, 2.45) is 5.73 Å². The van der Waals surface area contributed by atoms with Gasteiger partial charge in [0.2, 0.25) is 11.8 Å². The lowest BCUT2D eigenvalue weighted by Gasteiger charge is -2.18. The Kier molecular flexibility index (Phi) is 9.61. The first-order valence-electron chi connectivity index (χ1n) is 10.2. The third kappa shape index (κ3) is 8.09. The van der Waals surface area contributed by atoms with Crippen LogP contribution in [-0.2, 0) is 16.0 Å². The zero-order valence-corrected chi connectivity index (χ0v) is 17.6. The van der Waals surface area contributed by atoms with Gasteiger partial charge in [-0.1, -0.05) is 49.8 Å². The van der Waals surface area contributed by atoms with Gasteiger partial charge in [-0.05, 0) is 49.1 Å². The van der Waals surface area contributed by atoms with Crippen LogP contribution in [0.25, 0.3) is 0 Å². The first-order chi connectivity index (χ1) is 14.5. The fraction of sp³-hybridized carbons (Fsp3) is 0.333. The minimum atomic E-state index is -0.546. The number of rotatable bonds is 11. The van der Waals surface area contributed by atoms with Gasteiger partial charge in [-0.15, -0.1) is 0 Å². The van der Waals surface area contributed by atoms with Gasteiger partial charge >= 0.3 is 0 Å². The molecule has 2 aromatic carbocycles. The third-order valence-electron chi connectivity index (χ3n) is 4.69. The summed E-state index contributed by atoms with van der Waals surface area (Å²) in [7, 11) is 1.59. The molecule has 6 nitrogen and oxygen atoms in total. The molecule has 0 spiro atoms. The molecule has 6 heteroatoms. The van der Waals surface area contributed by atoms with E-state index in [1.54, 1.807) is 37.5 Å². The number of aryl methyl sites for hydroxylation is 1. The second kappa shape index (κ2) is 12.4. The summed E-state index contributed by atoms with van der Waals surface area (Å²) in [4.78, 5) is 24.7. The Hall–Kier alpha value is -3.12. The number of nitrogens with one attached hydrogen (secondary N) is 2. The molecular formula is C24H31N3O3. The first kappa shape index (κ1) is 23.2. The first-order valence-corrected chi connectivity index (χ1v) is 10.2. The van der Waals surface area contributed by atoms with E-state index in [9.17, 15) is 9.59 Å². The van der Waals surface area contributed by atoms with Crippen molar-refractivity contribution < 1.29 is 14.3 Å². The van der Waals surface area contributed by atoms with Crippen molar-refractivity contribution >= 4 is 17.5 Å². The van der Waals surface area contributed by atoms with Gasteiger partial charge < -0.3 is 21.1 Å². The van der Waals surface area contributed by atoms with Crippen LogP contribution in [0.5, 0.6) is 5.75 Å². The number of carbonyl (C=O) groups is 2. The fourth-order valence-corrected chi connectivity index (χ4v) is 2.98. The summed E-state index contributed by atoms with van der Waals surface area (Å²) in [5.41, 5.74) is 7.78. The van der Waals surface area contributed by atoms with Gasteiger partial charge in [0.1, 0.15) is 5.75 Å². The van der Waals surface area contributed by atoms with Crippen molar-refractivity contribution in [3.8, 4) is 5.75 Å². The normalized spacial score (nSPS) is 12.9. The lowest BCUT2D eigenvalue weighted by Crippen LogP contribution is -2.45. The molecule has 0 bridgehead atoms. The van der Waals surface area contributed by atoms with Gasteiger partial charge in [0.15, 0.2) is 0 Å². The maximum Gasteiger partial charge on any atom is 0.248 e. The van der Waals surface area contributed by atoms with E-state index in [0.29, 0.717) is 18.5 Å². The van der Waals surface area contributed by atoms with Crippen molar-refractivity contribution in [3.63, 3.8) is 0 Å². The molecule has 0 heterocycles. The van der Waals surface area contributed by atoms with Crippen LogP contribution in [0, 0.1) is 0 Å². The Morgan fingerprint density at radius 2 is 1.77 bits per heavy atom. The van der Waals surface area contributed by atoms with E-state index >= 15 is 0 Å². The van der Waals surface area contributed by atoms with E-state index in [0.717, 1.165) is 18.6 Å². The molecule has 0 fully saturated rings. The molecule has 160 valence electrons. The number of methoxy groups -OCH3 is 1. The largest absolute Gasteiger partial charge is 0.497 e. The van der Waals surface area contributed by atoms with Crippen LogP contribution in [0.4, 0.5) is 5.69 Å². The summed E-state index contributed by atoms with van der Waals surface area (Å²) in [6.45, 7) is 1.99. The summed E-state index contributed by atoms with van der Waals surface area (Å²) in [5.74, 6) is 0.253. The van der Waals surface area contributed by atoms with Crippen LogP contribution >= 0.6 is 0 Å². The predicted molar refractivity (Wildman–Crippen MR) is 120 cm³/mol. The molecule has 0 aliphatic carbocycles. The van der Waals surface area contributed by atoms with Crippen LogP contribution < -0.4 is 21.1 Å². The highest BCUT2D eigenvalue weighted by molar-refractivity contribution is 5.99. The monoisotopic (exact) mass is 409 g/mol. The van der Waals surface area contributed by atoms with E-state index < -0.39 is 6.04 Å². The molecule has 0 radical (unpaired) electrons. The van der Waals surface area contributed by atoms with E-state index in [-0.39, 0.29) is 17.9 Å². The fourth-order valence-electron chi connectivity index (χ4n) is 2.98. The number of ether oxygens (including phenoxy) is 1. The topological polar surface area (TPSA) is 93.5 Å².